The second-order valence-corrected chi connectivity index (χ2v) is 6.75. The Bertz CT molecular complexity index is 608. The lowest BCUT2D eigenvalue weighted by Gasteiger charge is -2.35. The SMILES string of the molecule is Cc1nnc(-c2ccccc2NC2CCC(C)(C)CC2)o1. The summed E-state index contributed by atoms with van der Waals surface area (Å²) in [7, 11) is 0. The molecule has 0 amide bonds. The predicted molar refractivity (Wildman–Crippen MR) is 84.1 cm³/mol. The van der Waals surface area contributed by atoms with Crippen molar-refractivity contribution in [2.45, 2.75) is 52.5 Å². The molecule has 4 nitrogen and oxygen atoms in total. The lowest BCUT2D eigenvalue weighted by Crippen LogP contribution is -2.30. The maximum atomic E-state index is 5.57. The van der Waals surface area contributed by atoms with Crippen molar-refractivity contribution in [2.75, 3.05) is 5.32 Å². The van der Waals surface area contributed by atoms with Crippen molar-refractivity contribution in [3.8, 4) is 11.5 Å². The van der Waals surface area contributed by atoms with Gasteiger partial charge in [-0.15, -0.1) is 10.2 Å². The topological polar surface area (TPSA) is 51.0 Å². The van der Waals surface area contributed by atoms with Gasteiger partial charge in [-0.1, -0.05) is 26.0 Å². The zero-order chi connectivity index (χ0) is 14.9. The van der Waals surface area contributed by atoms with Crippen LogP contribution in [0.1, 0.15) is 45.4 Å². The van der Waals surface area contributed by atoms with E-state index in [0.717, 1.165) is 11.3 Å². The van der Waals surface area contributed by atoms with Crippen LogP contribution in [0.3, 0.4) is 0 Å². The van der Waals surface area contributed by atoms with Crippen molar-refractivity contribution in [3.63, 3.8) is 0 Å². The molecule has 1 aromatic carbocycles. The van der Waals surface area contributed by atoms with Crippen LogP contribution in [0.15, 0.2) is 28.7 Å². The summed E-state index contributed by atoms with van der Waals surface area (Å²) in [5, 5.41) is 11.7. The van der Waals surface area contributed by atoms with Gasteiger partial charge in [-0.3, -0.25) is 0 Å². The fraction of sp³-hybridized carbons (Fsp3) is 0.529. The molecule has 1 aliphatic carbocycles. The van der Waals surface area contributed by atoms with Crippen LogP contribution >= 0.6 is 0 Å². The summed E-state index contributed by atoms with van der Waals surface area (Å²) in [6, 6.07) is 8.70. The molecule has 1 aliphatic rings. The van der Waals surface area contributed by atoms with Gasteiger partial charge in [-0.05, 0) is 43.2 Å². The Morgan fingerprint density at radius 2 is 1.86 bits per heavy atom. The molecule has 1 fully saturated rings. The zero-order valence-corrected chi connectivity index (χ0v) is 13.0. The molecule has 3 rings (SSSR count). The number of anilines is 1. The van der Waals surface area contributed by atoms with Gasteiger partial charge in [-0.2, -0.15) is 0 Å². The van der Waals surface area contributed by atoms with Crippen LogP contribution in [-0.2, 0) is 0 Å². The Balaban J connectivity index is 1.77. The van der Waals surface area contributed by atoms with Gasteiger partial charge >= 0.3 is 0 Å². The maximum absolute atomic E-state index is 5.57. The number of hydrogen-bond donors (Lipinski definition) is 1. The minimum atomic E-state index is 0.487. The van der Waals surface area contributed by atoms with Crippen molar-refractivity contribution >= 4 is 5.69 Å². The molecule has 1 aromatic heterocycles. The lowest BCUT2D eigenvalue weighted by molar-refractivity contribution is 0.232. The molecule has 0 bridgehead atoms. The van der Waals surface area contributed by atoms with E-state index in [1.807, 2.05) is 25.1 Å². The van der Waals surface area contributed by atoms with E-state index in [1.165, 1.54) is 25.7 Å². The van der Waals surface area contributed by atoms with E-state index in [1.54, 1.807) is 0 Å². The van der Waals surface area contributed by atoms with Crippen LogP contribution < -0.4 is 5.32 Å². The molecular weight excluding hydrogens is 262 g/mol. The standard InChI is InChI=1S/C17H23N3O/c1-12-19-20-16(21-12)14-6-4-5-7-15(14)18-13-8-10-17(2,3)11-9-13/h4-7,13,18H,8-11H2,1-3H3. The van der Waals surface area contributed by atoms with Crippen LogP contribution in [0.25, 0.3) is 11.5 Å². The van der Waals surface area contributed by atoms with Gasteiger partial charge in [-0.25, -0.2) is 0 Å². The van der Waals surface area contributed by atoms with Crippen LogP contribution in [0.2, 0.25) is 0 Å². The third-order valence-electron chi connectivity index (χ3n) is 4.38. The molecule has 2 aromatic rings. The van der Waals surface area contributed by atoms with E-state index in [4.69, 9.17) is 4.42 Å². The van der Waals surface area contributed by atoms with E-state index >= 15 is 0 Å². The van der Waals surface area contributed by atoms with Gasteiger partial charge in [0.25, 0.3) is 0 Å². The van der Waals surface area contributed by atoms with Gasteiger partial charge in [0.2, 0.25) is 11.8 Å². The molecule has 4 heteroatoms. The molecule has 1 heterocycles. The monoisotopic (exact) mass is 285 g/mol. The second kappa shape index (κ2) is 5.51. The maximum Gasteiger partial charge on any atom is 0.249 e. The Hall–Kier alpha value is -1.84. The van der Waals surface area contributed by atoms with Gasteiger partial charge < -0.3 is 9.73 Å². The summed E-state index contributed by atoms with van der Waals surface area (Å²) in [5.41, 5.74) is 2.56. The molecule has 0 unspecified atom stereocenters. The number of aryl methyl sites for hydroxylation is 1. The number of benzene rings is 1. The first-order valence-electron chi connectivity index (χ1n) is 7.70. The van der Waals surface area contributed by atoms with E-state index < -0.39 is 0 Å². The Morgan fingerprint density at radius 3 is 2.52 bits per heavy atom. The summed E-state index contributed by atoms with van der Waals surface area (Å²) in [4.78, 5) is 0. The zero-order valence-electron chi connectivity index (χ0n) is 13.0. The highest BCUT2D eigenvalue weighted by molar-refractivity contribution is 5.72. The van der Waals surface area contributed by atoms with E-state index in [9.17, 15) is 0 Å². The van der Waals surface area contributed by atoms with Gasteiger partial charge in [0, 0.05) is 18.7 Å². The third kappa shape index (κ3) is 3.26. The number of hydrogen-bond acceptors (Lipinski definition) is 4. The minimum Gasteiger partial charge on any atom is -0.421 e. The summed E-state index contributed by atoms with van der Waals surface area (Å²) >= 11 is 0. The van der Waals surface area contributed by atoms with Crippen molar-refractivity contribution in [2.24, 2.45) is 5.41 Å². The smallest absolute Gasteiger partial charge is 0.249 e. The normalized spacial score (nSPS) is 18.6. The molecule has 1 N–H and O–H groups in total. The molecule has 112 valence electrons. The number of nitrogens with zero attached hydrogens (tertiary/aromatic N) is 2. The summed E-state index contributed by atoms with van der Waals surface area (Å²) in [6.07, 6.45) is 4.97. The summed E-state index contributed by atoms with van der Waals surface area (Å²) < 4.78 is 5.57. The van der Waals surface area contributed by atoms with Crippen LogP contribution in [0, 0.1) is 12.3 Å². The quantitative estimate of drug-likeness (QED) is 0.906. The fourth-order valence-electron chi connectivity index (χ4n) is 2.96. The molecule has 0 atom stereocenters. The molecule has 0 radical (unpaired) electrons. The van der Waals surface area contributed by atoms with Crippen molar-refractivity contribution < 1.29 is 4.42 Å². The number of para-hydroxylation sites is 1. The highest BCUT2D eigenvalue weighted by atomic mass is 16.4. The molecule has 0 aliphatic heterocycles. The summed E-state index contributed by atoms with van der Waals surface area (Å²) in [6.45, 7) is 6.53. The molecule has 0 spiro atoms. The van der Waals surface area contributed by atoms with Crippen molar-refractivity contribution in [3.05, 3.63) is 30.2 Å². The highest BCUT2D eigenvalue weighted by Gasteiger charge is 2.27. The van der Waals surface area contributed by atoms with Crippen molar-refractivity contribution in [1.82, 2.24) is 10.2 Å². The van der Waals surface area contributed by atoms with Crippen LogP contribution in [-0.4, -0.2) is 16.2 Å². The number of aromatic nitrogens is 2. The second-order valence-electron chi connectivity index (χ2n) is 6.75. The minimum absolute atomic E-state index is 0.487. The largest absolute Gasteiger partial charge is 0.421 e. The highest BCUT2D eigenvalue weighted by Crippen LogP contribution is 2.37. The van der Waals surface area contributed by atoms with E-state index in [-0.39, 0.29) is 0 Å². The lowest BCUT2D eigenvalue weighted by atomic mass is 9.75. The number of nitrogens with one attached hydrogen (secondary N) is 1. The Kier molecular flexibility index (Phi) is 3.70. The van der Waals surface area contributed by atoms with Gasteiger partial charge in [0.15, 0.2) is 0 Å². The molecular formula is C17H23N3O. The van der Waals surface area contributed by atoms with E-state index in [0.29, 0.717) is 23.2 Å². The third-order valence-corrected chi connectivity index (χ3v) is 4.38. The fourth-order valence-corrected chi connectivity index (χ4v) is 2.96. The van der Waals surface area contributed by atoms with Crippen LogP contribution in [0.4, 0.5) is 5.69 Å². The predicted octanol–water partition coefficient (Wildman–Crippen LogP) is 4.43. The first-order valence-corrected chi connectivity index (χ1v) is 7.70. The van der Waals surface area contributed by atoms with E-state index in [2.05, 4.69) is 35.4 Å². The first-order chi connectivity index (χ1) is 10.0. The Labute approximate surface area is 126 Å². The molecule has 21 heavy (non-hydrogen) atoms. The number of rotatable bonds is 3. The molecule has 1 saturated carbocycles. The summed E-state index contributed by atoms with van der Waals surface area (Å²) in [5.74, 6) is 1.19. The Morgan fingerprint density at radius 1 is 1.14 bits per heavy atom. The average Bonchev–Trinajstić information content (AvgIpc) is 2.88. The van der Waals surface area contributed by atoms with Gasteiger partial charge in [0.05, 0.1) is 5.56 Å². The average molecular weight is 285 g/mol. The van der Waals surface area contributed by atoms with Gasteiger partial charge in [0.1, 0.15) is 0 Å². The van der Waals surface area contributed by atoms with Crippen molar-refractivity contribution in [1.29, 1.82) is 0 Å². The van der Waals surface area contributed by atoms with Crippen LogP contribution in [0.5, 0.6) is 0 Å². The molecule has 0 saturated heterocycles. The first kappa shape index (κ1) is 14.1.